The van der Waals surface area contributed by atoms with Crippen molar-refractivity contribution < 1.29 is 23.3 Å². The highest BCUT2D eigenvalue weighted by Crippen LogP contribution is 2.19. The molecular weight excluding hydrogens is 340 g/mol. The highest BCUT2D eigenvalue weighted by atomic mass is 19.1. The van der Waals surface area contributed by atoms with E-state index in [2.05, 4.69) is 10.6 Å². The molecule has 2 aromatic rings. The van der Waals surface area contributed by atoms with Gasteiger partial charge in [0, 0.05) is 11.8 Å². The topological polar surface area (TPSA) is 62.6 Å². The zero-order valence-corrected chi connectivity index (χ0v) is 15.0. The van der Waals surface area contributed by atoms with Gasteiger partial charge in [0.2, 0.25) is 0 Å². The van der Waals surface area contributed by atoms with Crippen LogP contribution in [0.5, 0.6) is 0 Å². The van der Waals surface area contributed by atoms with Crippen LogP contribution < -0.4 is 15.5 Å². The normalized spacial score (nSPS) is 11.7. The summed E-state index contributed by atoms with van der Waals surface area (Å²) in [5.74, 6) is -2.25. The standard InChI is InChI=1S/C19H21F2N3O2/c1-12-5-4-6-13(2)19(12)23-18(26)11-24(3)10-17(25)22-16-8-7-14(20)9-15(16)21/h4-9H,10-11H2,1-3H3,(H,22,25)(H,23,26)/p+1. The number of rotatable bonds is 6. The second-order valence-corrected chi connectivity index (χ2v) is 6.30. The molecule has 0 aliphatic carbocycles. The van der Waals surface area contributed by atoms with E-state index in [9.17, 15) is 18.4 Å². The molecule has 0 radical (unpaired) electrons. The quantitative estimate of drug-likeness (QED) is 0.732. The first-order chi connectivity index (χ1) is 12.3. The van der Waals surface area contributed by atoms with Gasteiger partial charge in [0.15, 0.2) is 13.1 Å². The molecule has 0 spiro atoms. The van der Waals surface area contributed by atoms with Gasteiger partial charge >= 0.3 is 0 Å². The van der Waals surface area contributed by atoms with Crippen LogP contribution in [0.15, 0.2) is 36.4 Å². The minimum absolute atomic E-state index is 0.0308. The fourth-order valence-electron chi connectivity index (χ4n) is 2.59. The highest BCUT2D eigenvalue weighted by molar-refractivity contribution is 5.94. The second kappa shape index (κ2) is 8.53. The van der Waals surface area contributed by atoms with Crippen molar-refractivity contribution in [1.29, 1.82) is 0 Å². The number of quaternary nitrogens is 1. The summed E-state index contributed by atoms with van der Waals surface area (Å²) in [6.07, 6.45) is 0. The lowest BCUT2D eigenvalue weighted by Crippen LogP contribution is -3.11. The molecule has 0 saturated carbocycles. The fourth-order valence-corrected chi connectivity index (χ4v) is 2.59. The molecule has 7 heteroatoms. The Bertz CT molecular complexity index is 804. The lowest BCUT2D eigenvalue weighted by atomic mass is 10.1. The van der Waals surface area contributed by atoms with Crippen molar-refractivity contribution >= 4 is 23.2 Å². The molecule has 0 bridgehead atoms. The highest BCUT2D eigenvalue weighted by Gasteiger charge is 2.16. The Balaban J connectivity index is 1.88. The molecule has 5 nitrogen and oxygen atoms in total. The summed E-state index contributed by atoms with van der Waals surface area (Å²) >= 11 is 0. The van der Waals surface area contributed by atoms with Crippen molar-refractivity contribution in [3.8, 4) is 0 Å². The summed E-state index contributed by atoms with van der Waals surface area (Å²) in [6, 6.07) is 8.65. The Morgan fingerprint density at radius 3 is 2.12 bits per heavy atom. The van der Waals surface area contributed by atoms with E-state index >= 15 is 0 Å². The molecule has 0 saturated heterocycles. The summed E-state index contributed by atoms with van der Waals surface area (Å²) in [4.78, 5) is 24.8. The Morgan fingerprint density at radius 1 is 0.962 bits per heavy atom. The van der Waals surface area contributed by atoms with E-state index in [0.29, 0.717) is 11.0 Å². The third-order valence-corrected chi connectivity index (χ3v) is 3.88. The van der Waals surface area contributed by atoms with Crippen LogP contribution in [0.4, 0.5) is 20.2 Å². The molecule has 0 aliphatic heterocycles. The van der Waals surface area contributed by atoms with Gasteiger partial charge in [0.05, 0.1) is 12.7 Å². The molecule has 0 aliphatic rings. The van der Waals surface area contributed by atoms with Gasteiger partial charge in [0.25, 0.3) is 11.8 Å². The van der Waals surface area contributed by atoms with E-state index in [-0.39, 0.29) is 24.7 Å². The van der Waals surface area contributed by atoms with Gasteiger partial charge in [-0.1, -0.05) is 18.2 Å². The molecule has 1 atom stereocenters. The van der Waals surface area contributed by atoms with E-state index in [1.165, 1.54) is 0 Å². The Morgan fingerprint density at radius 2 is 1.54 bits per heavy atom. The van der Waals surface area contributed by atoms with Gasteiger partial charge in [-0.05, 0) is 37.1 Å². The summed E-state index contributed by atoms with van der Waals surface area (Å²) in [5.41, 5.74) is 2.59. The van der Waals surface area contributed by atoms with Crippen LogP contribution in [0, 0.1) is 25.5 Å². The average molecular weight is 362 g/mol. The molecule has 0 fully saturated rings. The van der Waals surface area contributed by atoms with Crippen molar-refractivity contribution in [3.05, 3.63) is 59.2 Å². The second-order valence-electron chi connectivity index (χ2n) is 6.30. The number of benzene rings is 2. The van der Waals surface area contributed by atoms with Crippen molar-refractivity contribution in [2.24, 2.45) is 0 Å². The van der Waals surface area contributed by atoms with Gasteiger partial charge in [-0.3, -0.25) is 9.59 Å². The fraction of sp³-hybridized carbons (Fsp3) is 0.263. The molecule has 1 unspecified atom stereocenters. The molecule has 2 rings (SSSR count). The summed E-state index contributed by atoms with van der Waals surface area (Å²) < 4.78 is 26.4. The minimum atomic E-state index is -0.844. The number of para-hydroxylation sites is 1. The van der Waals surface area contributed by atoms with Crippen LogP contribution >= 0.6 is 0 Å². The third-order valence-electron chi connectivity index (χ3n) is 3.88. The first kappa shape index (κ1) is 19.5. The molecular formula is C19H22F2N3O2+. The van der Waals surface area contributed by atoms with E-state index in [1.807, 2.05) is 32.0 Å². The predicted molar refractivity (Wildman–Crippen MR) is 96.2 cm³/mol. The average Bonchev–Trinajstić information content (AvgIpc) is 2.53. The molecule has 2 amide bonds. The van der Waals surface area contributed by atoms with E-state index in [4.69, 9.17) is 0 Å². The third kappa shape index (κ3) is 5.35. The number of aryl methyl sites for hydroxylation is 2. The van der Waals surface area contributed by atoms with Crippen LogP contribution in [0.25, 0.3) is 0 Å². The van der Waals surface area contributed by atoms with Crippen molar-refractivity contribution in [2.75, 3.05) is 30.8 Å². The van der Waals surface area contributed by atoms with Crippen molar-refractivity contribution in [2.45, 2.75) is 13.8 Å². The largest absolute Gasteiger partial charge is 0.322 e. The summed E-state index contributed by atoms with van der Waals surface area (Å²) in [5, 5.41) is 5.23. The maximum atomic E-state index is 13.6. The van der Waals surface area contributed by atoms with Gasteiger partial charge in [-0.2, -0.15) is 0 Å². The van der Waals surface area contributed by atoms with Crippen molar-refractivity contribution in [1.82, 2.24) is 0 Å². The molecule has 2 aromatic carbocycles. The number of hydrogen-bond acceptors (Lipinski definition) is 2. The summed E-state index contributed by atoms with van der Waals surface area (Å²) in [7, 11) is 1.69. The van der Waals surface area contributed by atoms with Crippen LogP contribution in [0.2, 0.25) is 0 Å². The first-order valence-corrected chi connectivity index (χ1v) is 8.18. The predicted octanol–water partition coefficient (Wildman–Crippen LogP) is 1.67. The van der Waals surface area contributed by atoms with Crippen LogP contribution in [0.1, 0.15) is 11.1 Å². The molecule has 0 heterocycles. The number of likely N-dealkylation sites (N-methyl/N-ethyl adjacent to an activating group) is 1. The van der Waals surface area contributed by atoms with Gasteiger partial charge < -0.3 is 15.5 Å². The molecule has 3 N–H and O–H groups in total. The zero-order chi connectivity index (χ0) is 19.3. The number of amides is 2. The van der Waals surface area contributed by atoms with Crippen LogP contribution in [-0.4, -0.2) is 32.0 Å². The van der Waals surface area contributed by atoms with E-state index in [1.54, 1.807) is 7.05 Å². The van der Waals surface area contributed by atoms with Crippen molar-refractivity contribution in [3.63, 3.8) is 0 Å². The van der Waals surface area contributed by atoms with Crippen LogP contribution in [-0.2, 0) is 9.59 Å². The lowest BCUT2D eigenvalue weighted by Gasteiger charge is -2.15. The number of nitrogens with one attached hydrogen (secondary N) is 3. The van der Waals surface area contributed by atoms with Gasteiger partial charge in [-0.25, -0.2) is 8.78 Å². The summed E-state index contributed by atoms with van der Waals surface area (Å²) in [6.45, 7) is 3.86. The van der Waals surface area contributed by atoms with E-state index in [0.717, 1.165) is 28.9 Å². The van der Waals surface area contributed by atoms with Gasteiger partial charge in [0.1, 0.15) is 11.6 Å². The Hall–Kier alpha value is -2.80. The lowest BCUT2D eigenvalue weighted by molar-refractivity contribution is -0.862. The number of carbonyl (C=O) groups is 2. The number of carbonyl (C=O) groups excluding carboxylic acids is 2. The van der Waals surface area contributed by atoms with E-state index < -0.39 is 17.5 Å². The van der Waals surface area contributed by atoms with Crippen LogP contribution in [0.3, 0.4) is 0 Å². The minimum Gasteiger partial charge on any atom is -0.322 e. The Kier molecular flexibility index (Phi) is 6.41. The Labute approximate surface area is 151 Å². The zero-order valence-electron chi connectivity index (χ0n) is 15.0. The number of anilines is 2. The maximum absolute atomic E-state index is 13.6. The number of halogens is 2. The molecule has 0 aromatic heterocycles. The SMILES string of the molecule is Cc1cccc(C)c1NC(=O)C[NH+](C)CC(=O)Nc1ccc(F)cc1F. The number of hydrogen-bond donors (Lipinski definition) is 3. The van der Waals surface area contributed by atoms with Gasteiger partial charge in [-0.15, -0.1) is 0 Å². The maximum Gasteiger partial charge on any atom is 0.279 e. The monoisotopic (exact) mass is 362 g/mol. The molecule has 26 heavy (non-hydrogen) atoms. The smallest absolute Gasteiger partial charge is 0.279 e. The molecule has 138 valence electrons. The first-order valence-electron chi connectivity index (χ1n) is 8.18.